The van der Waals surface area contributed by atoms with E-state index in [1.807, 2.05) is 31.5 Å². The number of nitrogens with zero attached hydrogens (tertiary/aromatic N) is 2. The highest BCUT2D eigenvalue weighted by Crippen LogP contribution is 2.28. The van der Waals surface area contributed by atoms with Crippen LogP contribution in [0.5, 0.6) is 0 Å². The molecule has 5 heteroatoms. The van der Waals surface area contributed by atoms with Gasteiger partial charge in [-0.2, -0.15) is 5.10 Å². The molecule has 0 aliphatic carbocycles. The summed E-state index contributed by atoms with van der Waals surface area (Å²) in [6, 6.07) is 4.91. The molecular weight excluding hydrogens is 335 g/mol. The Morgan fingerprint density at radius 1 is 1.38 bits per heavy atom. The van der Waals surface area contributed by atoms with E-state index in [9.17, 15) is 9.50 Å². The molecule has 1 unspecified atom stereocenters. The first kappa shape index (κ1) is 16.2. The standard InChI is InChI=1S/C16H20BrFN2O/c1-4-13-16(17)14(20(5-2)19-13)9-15(21)11-7-6-10(3)8-12(11)18/h6-8,15,21H,4-5,9H2,1-3H3. The molecule has 0 saturated heterocycles. The van der Waals surface area contributed by atoms with Crippen LogP contribution in [0.1, 0.15) is 42.5 Å². The summed E-state index contributed by atoms with van der Waals surface area (Å²) in [5.41, 5.74) is 3.04. The predicted molar refractivity (Wildman–Crippen MR) is 84.8 cm³/mol. The third-order valence-corrected chi connectivity index (χ3v) is 4.51. The Balaban J connectivity index is 2.31. The molecule has 1 aromatic heterocycles. The van der Waals surface area contributed by atoms with Crippen LogP contribution in [-0.2, 0) is 19.4 Å². The maximum atomic E-state index is 14.0. The number of aryl methyl sites for hydroxylation is 3. The van der Waals surface area contributed by atoms with Crippen molar-refractivity contribution in [2.45, 2.75) is 46.3 Å². The summed E-state index contributed by atoms with van der Waals surface area (Å²) >= 11 is 3.55. The van der Waals surface area contributed by atoms with Crippen molar-refractivity contribution in [2.75, 3.05) is 0 Å². The van der Waals surface area contributed by atoms with Crippen LogP contribution in [-0.4, -0.2) is 14.9 Å². The maximum absolute atomic E-state index is 14.0. The molecule has 1 aromatic carbocycles. The first-order valence-electron chi connectivity index (χ1n) is 7.16. The minimum atomic E-state index is -0.881. The second kappa shape index (κ2) is 6.71. The van der Waals surface area contributed by atoms with E-state index in [-0.39, 0.29) is 5.82 Å². The van der Waals surface area contributed by atoms with Crippen LogP contribution in [0.3, 0.4) is 0 Å². The van der Waals surface area contributed by atoms with Crippen LogP contribution in [0.25, 0.3) is 0 Å². The molecule has 2 aromatic rings. The van der Waals surface area contributed by atoms with Crippen LogP contribution in [0.4, 0.5) is 4.39 Å². The molecule has 0 bridgehead atoms. The molecule has 1 N–H and O–H groups in total. The minimum Gasteiger partial charge on any atom is -0.388 e. The second-order valence-corrected chi connectivity index (χ2v) is 5.91. The topological polar surface area (TPSA) is 38.0 Å². The number of halogens is 2. The maximum Gasteiger partial charge on any atom is 0.129 e. The Morgan fingerprint density at radius 3 is 2.67 bits per heavy atom. The number of rotatable bonds is 5. The average molecular weight is 355 g/mol. The largest absolute Gasteiger partial charge is 0.388 e. The fourth-order valence-electron chi connectivity index (χ4n) is 2.41. The van der Waals surface area contributed by atoms with E-state index >= 15 is 0 Å². The van der Waals surface area contributed by atoms with E-state index in [2.05, 4.69) is 21.0 Å². The summed E-state index contributed by atoms with van der Waals surface area (Å²) < 4.78 is 16.7. The van der Waals surface area contributed by atoms with Gasteiger partial charge in [0.15, 0.2) is 0 Å². The molecule has 0 spiro atoms. The van der Waals surface area contributed by atoms with E-state index in [4.69, 9.17) is 0 Å². The van der Waals surface area contributed by atoms with Crippen molar-refractivity contribution in [3.8, 4) is 0 Å². The molecule has 3 nitrogen and oxygen atoms in total. The van der Waals surface area contributed by atoms with Crippen molar-refractivity contribution in [1.29, 1.82) is 0 Å². The Hall–Kier alpha value is -1.20. The van der Waals surface area contributed by atoms with Crippen LogP contribution in [0.2, 0.25) is 0 Å². The number of hydrogen-bond acceptors (Lipinski definition) is 2. The number of aromatic nitrogens is 2. The van der Waals surface area contributed by atoms with Crippen LogP contribution in [0, 0.1) is 12.7 Å². The summed E-state index contributed by atoms with van der Waals surface area (Å²) in [5.74, 6) is -0.364. The Bertz CT molecular complexity index is 639. The molecule has 0 fully saturated rings. The van der Waals surface area contributed by atoms with Gasteiger partial charge >= 0.3 is 0 Å². The van der Waals surface area contributed by atoms with Gasteiger partial charge < -0.3 is 5.11 Å². The summed E-state index contributed by atoms with van der Waals surface area (Å²) in [4.78, 5) is 0. The van der Waals surface area contributed by atoms with Gasteiger partial charge in [-0.25, -0.2) is 4.39 Å². The minimum absolute atomic E-state index is 0.328. The lowest BCUT2D eigenvalue weighted by Gasteiger charge is -2.14. The van der Waals surface area contributed by atoms with Crippen LogP contribution >= 0.6 is 15.9 Å². The Labute approximate surface area is 132 Å². The number of benzene rings is 1. The average Bonchev–Trinajstić information content (AvgIpc) is 2.75. The Morgan fingerprint density at radius 2 is 2.10 bits per heavy atom. The normalized spacial score (nSPS) is 12.7. The Kier molecular flexibility index (Phi) is 5.17. The lowest BCUT2D eigenvalue weighted by Crippen LogP contribution is -2.10. The highest BCUT2D eigenvalue weighted by Gasteiger charge is 2.20. The quantitative estimate of drug-likeness (QED) is 0.882. The van der Waals surface area contributed by atoms with Crippen LogP contribution < -0.4 is 0 Å². The molecule has 0 aliphatic heterocycles. The zero-order chi connectivity index (χ0) is 15.6. The van der Waals surface area contributed by atoms with E-state index in [0.717, 1.165) is 34.4 Å². The molecule has 0 aliphatic rings. The fraction of sp³-hybridized carbons (Fsp3) is 0.438. The third-order valence-electron chi connectivity index (χ3n) is 3.60. The first-order valence-corrected chi connectivity index (χ1v) is 7.95. The van der Waals surface area contributed by atoms with Gasteiger partial charge in [0, 0.05) is 18.5 Å². The van der Waals surface area contributed by atoms with Gasteiger partial charge in [-0.15, -0.1) is 0 Å². The fourth-order valence-corrected chi connectivity index (χ4v) is 3.13. The van der Waals surface area contributed by atoms with Gasteiger partial charge in [0.25, 0.3) is 0 Å². The highest BCUT2D eigenvalue weighted by molar-refractivity contribution is 9.10. The van der Waals surface area contributed by atoms with Crippen molar-refractivity contribution in [3.63, 3.8) is 0 Å². The molecule has 1 atom stereocenters. The lowest BCUT2D eigenvalue weighted by molar-refractivity contribution is 0.170. The molecule has 1 heterocycles. The number of hydrogen-bond donors (Lipinski definition) is 1. The van der Waals surface area contributed by atoms with Gasteiger partial charge in [0.1, 0.15) is 5.82 Å². The first-order chi connectivity index (χ1) is 9.97. The number of aliphatic hydroxyl groups is 1. The third kappa shape index (κ3) is 3.35. The monoisotopic (exact) mass is 354 g/mol. The van der Waals surface area contributed by atoms with Gasteiger partial charge in [-0.05, 0) is 47.8 Å². The second-order valence-electron chi connectivity index (χ2n) is 5.12. The zero-order valence-corrected chi connectivity index (χ0v) is 14.1. The van der Waals surface area contributed by atoms with E-state index < -0.39 is 6.10 Å². The van der Waals surface area contributed by atoms with Crippen molar-refractivity contribution in [3.05, 3.63) is 51.0 Å². The van der Waals surface area contributed by atoms with Gasteiger partial charge in [-0.1, -0.05) is 19.1 Å². The number of aliphatic hydroxyl groups excluding tert-OH is 1. The summed E-state index contributed by atoms with van der Waals surface area (Å²) in [6.45, 7) is 6.58. The van der Waals surface area contributed by atoms with Crippen molar-refractivity contribution in [2.24, 2.45) is 0 Å². The summed E-state index contributed by atoms with van der Waals surface area (Å²) in [7, 11) is 0. The van der Waals surface area contributed by atoms with Gasteiger partial charge in [0.05, 0.1) is 22.0 Å². The highest BCUT2D eigenvalue weighted by atomic mass is 79.9. The van der Waals surface area contributed by atoms with E-state index in [1.54, 1.807) is 6.07 Å². The van der Waals surface area contributed by atoms with Crippen molar-refractivity contribution in [1.82, 2.24) is 9.78 Å². The molecule has 114 valence electrons. The van der Waals surface area contributed by atoms with Crippen molar-refractivity contribution >= 4 is 15.9 Å². The smallest absolute Gasteiger partial charge is 0.129 e. The zero-order valence-electron chi connectivity index (χ0n) is 12.5. The summed E-state index contributed by atoms with van der Waals surface area (Å²) in [6.07, 6.45) is 0.269. The van der Waals surface area contributed by atoms with E-state index in [0.29, 0.717) is 12.0 Å². The van der Waals surface area contributed by atoms with Crippen molar-refractivity contribution < 1.29 is 9.50 Å². The lowest BCUT2D eigenvalue weighted by atomic mass is 10.0. The summed E-state index contributed by atoms with van der Waals surface area (Å²) in [5, 5.41) is 14.9. The van der Waals surface area contributed by atoms with Gasteiger partial charge in [0.2, 0.25) is 0 Å². The molecule has 0 saturated carbocycles. The van der Waals surface area contributed by atoms with Gasteiger partial charge in [-0.3, -0.25) is 4.68 Å². The van der Waals surface area contributed by atoms with Crippen LogP contribution in [0.15, 0.2) is 22.7 Å². The van der Waals surface area contributed by atoms with E-state index in [1.165, 1.54) is 6.07 Å². The molecular formula is C16H20BrFN2O. The molecule has 0 radical (unpaired) electrons. The molecule has 0 amide bonds. The molecule has 21 heavy (non-hydrogen) atoms. The molecule has 2 rings (SSSR count). The SMILES string of the molecule is CCc1nn(CC)c(CC(O)c2ccc(C)cc2F)c1Br. The predicted octanol–water partition coefficient (Wildman–Crippen LogP) is 3.95.